The number of carbonyl (C=O) groups excluding carboxylic acids is 2. The Hall–Kier alpha value is -2.10. The molecule has 0 unspecified atom stereocenters. The molecule has 0 spiro atoms. The summed E-state index contributed by atoms with van der Waals surface area (Å²) in [5.74, 6) is -0.610. The number of ether oxygens (including phenoxy) is 1. The number of imide groups is 1. The van der Waals surface area contributed by atoms with E-state index in [-0.39, 0.29) is 11.8 Å². The zero-order valence-electron chi connectivity index (χ0n) is 9.77. The van der Waals surface area contributed by atoms with Crippen LogP contribution in [-0.4, -0.2) is 30.4 Å². The molecule has 88 valence electrons. The molecule has 2 amide bonds. The zero-order chi connectivity index (χ0) is 12.4. The first kappa shape index (κ1) is 11.4. The van der Waals surface area contributed by atoms with Crippen molar-refractivity contribution in [2.45, 2.75) is 6.92 Å². The number of hydrogen-bond acceptors (Lipinski definition) is 3. The Kier molecular flexibility index (Phi) is 2.95. The van der Waals surface area contributed by atoms with Crippen molar-refractivity contribution in [3.05, 3.63) is 41.7 Å². The lowest BCUT2D eigenvalue weighted by Crippen LogP contribution is -2.38. The number of fused-ring (bicyclic) bond motifs is 1. The van der Waals surface area contributed by atoms with Crippen molar-refractivity contribution < 1.29 is 14.3 Å². The fourth-order valence-electron chi connectivity index (χ4n) is 1.75. The molecule has 1 heterocycles. The van der Waals surface area contributed by atoms with Gasteiger partial charge in [-0.3, -0.25) is 14.5 Å². The second-order valence-corrected chi connectivity index (χ2v) is 3.70. The Labute approximate surface area is 99.5 Å². The van der Waals surface area contributed by atoms with Crippen LogP contribution in [-0.2, 0) is 9.53 Å². The molecule has 1 aromatic rings. The van der Waals surface area contributed by atoms with E-state index in [2.05, 4.69) is 0 Å². The molecule has 0 saturated carbocycles. The van der Waals surface area contributed by atoms with Crippen LogP contribution >= 0.6 is 0 Å². The van der Waals surface area contributed by atoms with Gasteiger partial charge in [0.1, 0.15) is 0 Å². The first-order valence-corrected chi connectivity index (χ1v) is 5.40. The summed E-state index contributed by atoms with van der Waals surface area (Å²) in [6.45, 7) is 2.32. The molecular weight excluding hydrogens is 218 g/mol. The second-order valence-electron chi connectivity index (χ2n) is 3.70. The van der Waals surface area contributed by atoms with E-state index in [9.17, 15) is 9.59 Å². The minimum atomic E-state index is -0.331. The van der Waals surface area contributed by atoms with Crippen molar-refractivity contribution in [1.29, 1.82) is 0 Å². The van der Waals surface area contributed by atoms with Crippen LogP contribution in [0.1, 0.15) is 22.8 Å². The average molecular weight is 231 g/mol. The number of benzene rings is 1. The summed E-state index contributed by atoms with van der Waals surface area (Å²) < 4.78 is 5.16. The minimum Gasteiger partial charge on any atom is -0.501 e. The highest BCUT2D eigenvalue weighted by Gasteiger charge is 2.32. The fraction of sp³-hybridized carbons (Fsp3) is 0.231. The van der Waals surface area contributed by atoms with Crippen LogP contribution in [0.3, 0.4) is 0 Å². The van der Waals surface area contributed by atoms with Gasteiger partial charge < -0.3 is 4.74 Å². The summed E-state index contributed by atoms with van der Waals surface area (Å²) in [6.07, 6.45) is 1.42. The smallest absolute Gasteiger partial charge is 0.264 e. The molecule has 0 fully saturated rings. The largest absolute Gasteiger partial charge is 0.501 e. The molecular formula is C13H13NO3. The first-order chi connectivity index (χ1) is 8.16. The van der Waals surface area contributed by atoms with Crippen molar-refractivity contribution in [2.24, 2.45) is 0 Å². The van der Waals surface area contributed by atoms with Crippen molar-refractivity contribution in [3.63, 3.8) is 0 Å². The summed E-state index contributed by atoms with van der Waals surface area (Å²) in [5.41, 5.74) is 1.58. The van der Waals surface area contributed by atoms with Gasteiger partial charge in [0.05, 0.1) is 18.4 Å². The molecule has 1 aliphatic rings. The van der Waals surface area contributed by atoms with E-state index in [4.69, 9.17) is 4.74 Å². The quantitative estimate of drug-likeness (QED) is 0.442. The molecule has 17 heavy (non-hydrogen) atoms. The molecule has 0 bridgehead atoms. The summed E-state index contributed by atoms with van der Waals surface area (Å²) in [7, 11) is 1.47. The molecule has 0 atom stereocenters. The van der Waals surface area contributed by atoms with Gasteiger partial charge in [0.2, 0.25) is 0 Å². The van der Waals surface area contributed by atoms with E-state index in [1.54, 1.807) is 24.3 Å². The molecule has 0 saturated heterocycles. The molecule has 1 aromatic carbocycles. The molecule has 4 heteroatoms. The van der Waals surface area contributed by atoms with Crippen LogP contribution in [0.4, 0.5) is 0 Å². The molecule has 1 aliphatic heterocycles. The van der Waals surface area contributed by atoms with Crippen LogP contribution < -0.4 is 0 Å². The van der Waals surface area contributed by atoms with Crippen LogP contribution in [0, 0.1) is 0 Å². The Balaban J connectivity index is 2.57. The van der Waals surface area contributed by atoms with Crippen LogP contribution in [0.2, 0.25) is 0 Å². The Morgan fingerprint density at radius 3 is 2.47 bits per heavy atom. The van der Waals surface area contributed by atoms with Crippen LogP contribution in [0.25, 0.3) is 5.57 Å². The van der Waals surface area contributed by atoms with E-state index >= 15 is 0 Å². The van der Waals surface area contributed by atoms with Crippen molar-refractivity contribution in [3.8, 4) is 0 Å². The summed E-state index contributed by atoms with van der Waals surface area (Å²) in [4.78, 5) is 24.9. The van der Waals surface area contributed by atoms with E-state index in [1.807, 2.05) is 6.92 Å². The van der Waals surface area contributed by atoms with Crippen molar-refractivity contribution >= 4 is 17.4 Å². The number of nitrogens with zero attached hydrogens (tertiary/aromatic N) is 1. The fourth-order valence-corrected chi connectivity index (χ4v) is 1.75. The van der Waals surface area contributed by atoms with Crippen LogP contribution in [0.5, 0.6) is 0 Å². The van der Waals surface area contributed by atoms with Crippen molar-refractivity contribution in [1.82, 2.24) is 4.90 Å². The molecule has 0 aliphatic carbocycles. The van der Waals surface area contributed by atoms with Gasteiger partial charge in [-0.05, 0) is 13.0 Å². The third-order valence-corrected chi connectivity index (χ3v) is 2.66. The monoisotopic (exact) mass is 231 g/mol. The lowest BCUT2D eigenvalue weighted by atomic mass is 9.95. The number of hydrogen-bond donors (Lipinski definition) is 0. The summed E-state index contributed by atoms with van der Waals surface area (Å²) in [6, 6.07) is 7.03. The first-order valence-electron chi connectivity index (χ1n) is 5.40. The molecule has 2 rings (SSSR count). The standard InChI is InChI=1S/C13H13NO3/c1-3-17-8-11-9-6-4-5-7-10(9)12(15)14(2)13(11)16/h4-8H,3H2,1-2H3/b11-8-. The number of carbonyl (C=O) groups is 2. The third kappa shape index (κ3) is 1.82. The predicted octanol–water partition coefficient (Wildman–Crippen LogP) is 1.68. The lowest BCUT2D eigenvalue weighted by molar-refractivity contribution is -0.121. The zero-order valence-corrected chi connectivity index (χ0v) is 9.77. The Morgan fingerprint density at radius 2 is 1.82 bits per heavy atom. The minimum absolute atomic E-state index is 0.278. The highest BCUT2D eigenvalue weighted by Crippen LogP contribution is 2.27. The number of rotatable bonds is 2. The predicted molar refractivity (Wildman–Crippen MR) is 63.1 cm³/mol. The third-order valence-electron chi connectivity index (χ3n) is 2.66. The van der Waals surface area contributed by atoms with E-state index in [0.717, 1.165) is 4.90 Å². The lowest BCUT2D eigenvalue weighted by Gasteiger charge is -2.24. The van der Waals surface area contributed by atoms with Gasteiger partial charge in [-0.25, -0.2) is 0 Å². The topological polar surface area (TPSA) is 46.6 Å². The SMILES string of the molecule is CCO/C=C1\C(=O)N(C)C(=O)c2ccccc21. The molecule has 0 aromatic heterocycles. The van der Waals surface area contributed by atoms with Gasteiger partial charge >= 0.3 is 0 Å². The highest BCUT2D eigenvalue weighted by molar-refractivity contribution is 6.30. The molecule has 0 N–H and O–H groups in total. The van der Waals surface area contributed by atoms with E-state index in [0.29, 0.717) is 23.3 Å². The van der Waals surface area contributed by atoms with Crippen molar-refractivity contribution in [2.75, 3.05) is 13.7 Å². The van der Waals surface area contributed by atoms with E-state index in [1.165, 1.54) is 13.3 Å². The summed E-state index contributed by atoms with van der Waals surface area (Å²) in [5, 5.41) is 0. The van der Waals surface area contributed by atoms with Gasteiger partial charge in [0.15, 0.2) is 0 Å². The van der Waals surface area contributed by atoms with Gasteiger partial charge in [-0.1, -0.05) is 18.2 Å². The van der Waals surface area contributed by atoms with Gasteiger partial charge in [-0.15, -0.1) is 0 Å². The normalized spacial score (nSPS) is 17.3. The molecule has 4 nitrogen and oxygen atoms in total. The Bertz CT molecular complexity index is 505. The average Bonchev–Trinajstić information content (AvgIpc) is 2.36. The summed E-state index contributed by atoms with van der Waals surface area (Å²) >= 11 is 0. The number of likely N-dealkylation sites (N-methyl/N-ethyl adjacent to an activating group) is 1. The van der Waals surface area contributed by atoms with Crippen LogP contribution in [0.15, 0.2) is 30.5 Å². The van der Waals surface area contributed by atoms with E-state index < -0.39 is 0 Å². The van der Waals surface area contributed by atoms with Gasteiger partial charge in [0, 0.05) is 18.2 Å². The maximum Gasteiger partial charge on any atom is 0.264 e. The number of amides is 2. The maximum absolute atomic E-state index is 12.0. The maximum atomic E-state index is 12.0. The molecule has 0 radical (unpaired) electrons. The van der Waals surface area contributed by atoms with Gasteiger partial charge in [-0.2, -0.15) is 0 Å². The highest BCUT2D eigenvalue weighted by atomic mass is 16.5. The Morgan fingerprint density at radius 1 is 1.18 bits per heavy atom. The van der Waals surface area contributed by atoms with Gasteiger partial charge in [0.25, 0.3) is 11.8 Å². The second kappa shape index (κ2) is 4.41.